The van der Waals surface area contributed by atoms with E-state index in [4.69, 9.17) is 0 Å². The average Bonchev–Trinajstić information content (AvgIpc) is 2.89. The molecule has 0 saturated carbocycles. The highest BCUT2D eigenvalue weighted by atomic mass is 16.2. The number of hydrogen-bond acceptors (Lipinski definition) is 5. The molecular formula is C12H18N6O. The summed E-state index contributed by atoms with van der Waals surface area (Å²) in [5.74, 6) is 0.612. The van der Waals surface area contributed by atoms with E-state index in [1.807, 2.05) is 20.8 Å². The van der Waals surface area contributed by atoms with Gasteiger partial charge in [-0.15, -0.1) is 10.2 Å². The summed E-state index contributed by atoms with van der Waals surface area (Å²) in [5, 5.41) is 10.9. The number of amides is 1. The molecule has 1 N–H and O–H groups in total. The van der Waals surface area contributed by atoms with Gasteiger partial charge in [0.2, 0.25) is 11.6 Å². The van der Waals surface area contributed by atoms with Crippen LogP contribution in [0.1, 0.15) is 20.8 Å². The molecule has 1 amide bonds. The number of aromatic nitrogens is 4. The fourth-order valence-corrected chi connectivity index (χ4v) is 1.94. The monoisotopic (exact) mass is 262 g/mol. The number of carbonyl (C=O) groups is 1. The van der Waals surface area contributed by atoms with Crippen LogP contribution in [-0.4, -0.2) is 49.5 Å². The maximum atomic E-state index is 12.2. The van der Waals surface area contributed by atoms with E-state index in [1.165, 1.54) is 0 Å². The zero-order valence-electron chi connectivity index (χ0n) is 11.4. The van der Waals surface area contributed by atoms with E-state index in [0.717, 1.165) is 0 Å². The Morgan fingerprint density at radius 3 is 2.89 bits per heavy atom. The van der Waals surface area contributed by atoms with Gasteiger partial charge < -0.3 is 10.2 Å². The predicted molar refractivity (Wildman–Crippen MR) is 71.8 cm³/mol. The normalized spacial score (nSPS) is 12.4. The van der Waals surface area contributed by atoms with Crippen LogP contribution in [0.3, 0.4) is 0 Å². The predicted octanol–water partition coefficient (Wildman–Crippen LogP) is 0.793. The molecule has 2 rings (SSSR count). The molecule has 1 unspecified atom stereocenters. The Hall–Kier alpha value is -2.18. The van der Waals surface area contributed by atoms with Gasteiger partial charge in [-0.1, -0.05) is 0 Å². The van der Waals surface area contributed by atoms with Crippen LogP contribution in [0, 0.1) is 0 Å². The number of carbonyl (C=O) groups excluding carboxylic acids is 1. The van der Waals surface area contributed by atoms with Crippen LogP contribution in [-0.2, 0) is 4.79 Å². The molecule has 0 aromatic carbocycles. The molecule has 0 radical (unpaired) electrons. The fourth-order valence-electron chi connectivity index (χ4n) is 1.94. The minimum absolute atomic E-state index is 0.0494. The number of anilines is 1. The highest BCUT2D eigenvalue weighted by Gasteiger charge is 2.19. The van der Waals surface area contributed by atoms with E-state index in [2.05, 4.69) is 20.5 Å². The molecule has 1 atom stereocenters. The lowest BCUT2D eigenvalue weighted by molar-refractivity contribution is -0.131. The SMILES string of the molecule is CCN(CC)C(=O)C(C)Nc1nccn2cnnc12. The molecule has 0 fully saturated rings. The Morgan fingerprint density at radius 2 is 2.21 bits per heavy atom. The summed E-state index contributed by atoms with van der Waals surface area (Å²) in [6, 6.07) is -0.352. The van der Waals surface area contributed by atoms with Crippen LogP contribution in [0.4, 0.5) is 5.82 Å². The minimum atomic E-state index is -0.352. The summed E-state index contributed by atoms with van der Waals surface area (Å²) in [7, 11) is 0. The Bertz CT molecular complexity index is 562. The average molecular weight is 262 g/mol. The molecule has 0 saturated heterocycles. The quantitative estimate of drug-likeness (QED) is 0.862. The molecule has 0 spiro atoms. The summed E-state index contributed by atoms with van der Waals surface area (Å²) in [6.07, 6.45) is 5.00. The number of nitrogens with one attached hydrogen (secondary N) is 1. The van der Waals surface area contributed by atoms with Crippen molar-refractivity contribution in [1.82, 2.24) is 24.5 Å². The first kappa shape index (κ1) is 13.3. The van der Waals surface area contributed by atoms with Gasteiger partial charge in [0.05, 0.1) is 0 Å². The minimum Gasteiger partial charge on any atom is -0.355 e. The van der Waals surface area contributed by atoms with Gasteiger partial charge in [-0.3, -0.25) is 9.20 Å². The molecule has 0 aliphatic rings. The summed E-state index contributed by atoms with van der Waals surface area (Å²) in [6.45, 7) is 7.15. The van der Waals surface area contributed by atoms with E-state index in [-0.39, 0.29) is 11.9 Å². The number of fused-ring (bicyclic) bond motifs is 1. The first-order valence-corrected chi connectivity index (χ1v) is 6.37. The third-order valence-electron chi connectivity index (χ3n) is 3.01. The molecule has 2 heterocycles. The van der Waals surface area contributed by atoms with Gasteiger partial charge in [0.1, 0.15) is 12.4 Å². The van der Waals surface area contributed by atoms with E-state index < -0.39 is 0 Å². The van der Waals surface area contributed by atoms with Gasteiger partial charge in [-0.05, 0) is 20.8 Å². The summed E-state index contributed by atoms with van der Waals surface area (Å²) < 4.78 is 1.75. The van der Waals surface area contributed by atoms with Crippen LogP contribution >= 0.6 is 0 Å². The second kappa shape index (κ2) is 5.64. The maximum Gasteiger partial charge on any atom is 0.244 e. The molecule has 2 aromatic rings. The van der Waals surface area contributed by atoms with Crippen LogP contribution in [0.2, 0.25) is 0 Å². The van der Waals surface area contributed by atoms with Gasteiger partial charge in [-0.2, -0.15) is 0 Å². The summed E-state index contributed by atoms with van der Waals surface area (Å²) in [5.41, 5.74) is 0.613. The van der Waals surface area contributed by atoms with Gasteiger partial charge in [-0.25, -0.2) is 4.98 Å². The lowest BCUT2D eigenvalue weighted by Crippen LogP contribution is -2.41. The van der Waals surface area contributed by atoms with Crippen molar-refractivity contribution in [1.29, 1.82) is 0 Å². The smallest absolute Gasteiger partial charge is 0.244 e. The van der Waals surface area contributed by atoms with Crippen LogP contribution in [0.15, 0.2) is 18.7 Å². The highest BCUT2D eigenvalue weighted by molar-refractivity contribution is 5.85. The fraction of sp³-hybridized carbons (Fsp3) is 0.500. The lowest BCUT2D eigenvalue weighted by atomic mass is 10.3. The zero-order chi connectivity index (χ0) is 13.8. The van der Waals surface area contributed by atoms with Crippen molar-refractivity contribution in [3.05, 3.63) is 18.7 Å². The van der Waals surface area contributed by atoms with Crippen molar-refractivity contribution in [3.63, 3.8) is 0 Å². The Morgan fingerprint density at radius 1 is 1.47 bits per heavy atom. The summed E-state index contributed by atoms with van der Waals surface area (Å²) in [4.78, 5) is 18.2. The second-order valence-corrected chi connectivity index (χ2v) is 4.21. The summed E-state index contributed by atoms with van der Waals surface area (Å²) >= 11 is 0. The molecular weight excluding hydrogens is 244 g/mol. The molecule has 102 valence electrons. The first-order chi connectivity index (χ1) is 9.17. The van der Waals surface area contributed by atoms with Crippen LogP contribution in [0.25, 0.3) is 5.65 Å². The molecule has 0 bridgehead atoms. The number of likely N-dealkylation sites (N-methyl/N-ethyl adjacent to an activating group) is 1. The van der Waals surface area contributed by atoms with Crippen molar-refractivity contribution in [2.45, 2.75) is 26.8 Å². The Kier molecular flexibility index (Phi) is 3.94. The highest BCUT2D eigenvalue weighted by Crippen LogP contribution is 2.11. The van der Waals surface area contributed by atoms with E-state index >= 15 is 0 Å². The van der Waals surface area contributed by atoms with Crippen molar-refractivity contribution in [3.8, 4) is 0 Å². The zero-order valence-corrected chi connectivity index (χ0v) is 11.4. The van der Waals surface area contributed by atoms with E-state index in [9.17, 15) is 4.79 Å². The first-order valence-electron chi connectivity index (χ1n) is 6.37. The largest absolute Gasteiger partial charge is 0.355 e. The third-order valence-corrected chi connectivity index (χ3v) is 3.01. The molecule has 19 heavy (non-hydrogen) atoms. The van der Waals surface area contributed by atoms with E-state index in [0.29, 0.717) is 24.6 Å². The molecule has 2 aromatic heterocycles. The topological polar surface area (TPSA) is 75.4 Å². The van der Waals surface area contributed by atoms with Crippen molar-refractivity contribution >= 4 is 17.4 Å². The van der Waals surface area contributed by atoms with Gasteiger partial charge >= 0.3 is 0 Å². The number of rotatable bonds is 5. The Balaban J connectivity index is 2.16. The molecule has 7 nitrogen and oxygen atoms in total. The molecule has 0 aliphatic heterocycles. The van der Waals surface area contributed by atoms with Gasteiger partial charge in [0.15, 0.2) is 5.82 Å². The standard InChI is InChI=1S/C12H18N6O/c1-4-17(5-2)12(19)9(3)15-10-11-16-14-8-18(11)7-6-13-10/h6-9H,4-5H2,1-3H3,(H,13,15). The van der Waals surface area contributed by atoms with Crippen molar-refractivity contribution < 1.29 is 4.79 Å². The molecule has 7 heteroatoms. The number of nitrogens with zero attached hydrogens (tertiary/aromatic N) is 5. The van der Waals surface area contributed by atoms with E-state index in [1.54, 1.807) is 28.0 Å². The Labute approximate surface area is 111 Å². The lowest BCUT2D eigenvalue weighted by Gasteiger charge is -2.23. The van der Waals surface area contributed by atoms with Gasteiger partial charge in [0.25, 0.3) is 0 Å². The van der Waals surface area contributed by atoms with Crippen LogP contribution in [0.5, 0.6) is 0 Å². The molecule has 0 aliphatic carbocycles. The maximum absolute atomic E-state index is 12.2. The van der Waals surface area contributed by atoms with Crippen molar-refractivity contribution in [2.75, 3.05) is 18.4 Å². The van der Waals surface area contributed by atoms with Crippen LogP contribution < -0.4 is 5.32 Å². The van der Waals surface area contributed by atoms with Crippen molar-refractivity contribution in [2.24, 2.45) is 0 Å². The number of hydrogen-bond donors (Lipinski definition) is 1. The second-order valence-electron chi connectivity index (χ2n) is 4.21. The third kappa shape index (κ3) is 2.64. The van der Waals surface area contributed by atoms with Gasteiger partial charge in [0, 0.05) is 25.5 Å².